The highest BCUT2D eigenvalue weighted by atomic mass is 16.5. The van der Waals surface area contributed by atoms with Crippen molar-refractivity contribution >= 4 is 33.9 Å². The second kappa shape index (κ2) is 9.01. The number of methoxy groups -OCH3 is 1. The van der Waals surface area contributed by atoms with Gasteiger partial charge in [-0.3, -0.25) is 9.36 Å². The summed E-state index contributed by atoms with van der Waals surface area (Å²) in [5.41, 5.74) is 9.96. The van der Waals surface area contributed by atoms with Crippen molar-refractivity contribution in [3.63, 3.8) is 0 Å². The molecule has 2 heterocycles. The minimum absolute atomic E-state index is 0.279. The zero-order valence-corrected chi connectivity index (χ0v) is 17.6. The molecule has 0 spiro atoms. The number of amides is 1. The molecule has 0 fully saturated rings. The maximum absolute atomic E-state index is 13.1. The lowest BCUT2D eigenvalue weighted by atomic mass is 10.2. The van der Waals surface area contributed by atoms with Gasteiger partial charge in [-0.05, 0) is 37.6 Å². The van der Waals surface area contributed by atoms with Crippen LogP contribution < -0.4 is 15.8 Å². The summed E-state index contributed by atoms with van der Waals surface area (Å²) in [6.45, 7) is 3.65. The number of hydrogen-bond donors (Lipinski definition) is 2. The summed E-state index contributed by atoms with van der Waals surface area (Å²) in [7, 11) is 1.60. The van der Waals surface area contributed by atoms with Crippen LogP contribution in [-0.4, -0.2) is 47.3 Å². The molecule has 8 nitrogen and oxygen atoms in total. The highest BCUT2D eigenvalue weighted by Gasteiger charge is 2.24. The molecule has 160 valence electrons. The molecule has 0 bridgehead atoms. The van der Waals surface area contributed by atoms with Crippen LogP contribution in [0, 0.1) is 0 Å². The molecular weight excluding hydrogens is 394 g/mol. The fraction of sp³-hybridized carbons (Fsp3) is 0.261. The Morgan fingerprint density at radius 1 is 1.13 bits per heavy atom. The van der Waals surface area contributed by atoms with E-state index in [0.717, 1.165) is 11.2 Å². The highest BCUT2D eigenvalue weighted by Crippen LogP contribution is 2.31. The van der Waals surface area contributed by atoms with E-state index in [-0.39, 0.29) is 11.7 Å². The zero-order chi connectivity index (χ0) is 21.8. The van der Waals surface area contributed by atoms with Gasteiger partial charge in [-0.2, -0.15) is 0 Å². The van der Waals surface area contributed by atoms with Crippen molar-refractivity contribution in [3.05, 3.63) is 54.1 Å². The Labute approximate surface area is 180 Å². The number of rotatable bonds is 8. The molecular formula is C23H25N5O3. The molecule has 2 aromatic heterocycles. The van der Waals surface area contributed by atoms with Gasteiger partial charge < -0.3 is 20.5 Å². The second-order valence-corrected chi connectivity index (χ2v) is 6.99. The first kappa shape index (κ1) is 20.6. The van der Waals surface area contributed by atoms with E-state index in [1.807, 2.05) is 55.5 Å². The Morgan fingerprint density at radius 2 is 1.90 bits per heavy atom. The molecule has 0 unspecified atom stereocenters. The van der Waals surface area contributed by atoms with Gasteiger partial charge in [-0.25, -0.2) is 9.97 Å². The van der Waals surface area contributed by atoms with E-state index >= 15 is 0 Å². The number of nitrogens with two attached hydrogens (primary N) is 1. The lowest BCUT2D eigenvalue weighted by Crippen LogP contribution is -2.26. The topological polar surface area (TPSA) is 104 Å². The maximum atomic E-state index is 13.1. The Morgan fingerprint density at radius 3 is 2.65 bits per heavy atom. The Bertz CT molecular complexity index is 1230. The lowest BCUT2D eigenvalue weighted by Gasteiger charge is -2.10. The van der Waals surface area contributed by atoms with E-state index in [4.69, 9.17) is 25.2 Å². The average Bonchev–Trinajstić information content (AvgIpc) is 3.08. The van der Waals surface area contributed by atoms with Crippen molar-refractivity contribution in [2.45, 2.75) is 13.3 Å². The molecule has 3 N–H and O–H groups in total. The summed E-state index contributed by atoms with van der Waals surface area (Å²) in [5.74, 6) is 0.667. The summed E-state index contributed by atoms with van der Waals surface area (Å²) in [5, 5.41) is 2.92. The van der Waals surface area contributed by atoms with Gasteiger partial charge in [0.2, 0.25) is 0 Å². The van der Waals surface area contributed by atoms with Crippen molar-refractivity contribution in [3.8, 4) is 11.4 Å². The van der Waals surface area contributed by atoms with Crippen LogP contribution in [0.3, 0.4) is 0 Å². The Kier molecular flexibility index (Phi) is 5.99. The number of aromatic nitrogens is 3. The number of nitrogen functional groups attached to an aromatic ring is 1. The molecule has 0 aliphatic rings. The Hall–Kier alpha value is -3.65. The number of anilines is 1. The molecule has 0 saturated heterocycles. The summed E-state index contributed by atoms with van der Waals surface area (Å²) in [4.78, 5) is 22.6. The molecule has 0 radical (unpaired) electrons. The van der Waals surface area contributed by atoms with E-state index in [0.29, 0.717) is 54.2 Å². The van der Waals surface area contributed by atoms with Crippen LogP contribution in [0.2, 0.25) is 0 Å². The van der Waals surface area contributed by atoms with Crippen molar-refractivity contribution in [2.24, 2.45) is 0 Å². The summed E-state index contributed by atoms with van der Waals surface area (Å²) in [6, 6.07) is 15.0. The summed E-state index contributed by atoms with van der Waals surface area (Å²) < 4.78 is 12.4. The van der Waals surface area contributed by atoms with Gasteiger partial charge >= 0.3 is 0 Å². The van der Waals surface area contributed by atoms with Crippen molar-refractivity contribution in [1.29, 1.82) is 0 Å². The van der Waals surface area contributed by atoms with Gasteiger partial charge in [0.1, 0.15) is 22.6 Å². The van der Waals surface area contributed by atoms with Crippen molar-refractivity contribution < 1.29 is 14.3 Å². The number of fused-ring (bicyclic) bond motifs is 2. The predicted octanol–water partition coefficient (Wildman–Crippen LogP) is 3.32. The third-order valence-corrected chi connectivity index (χ3v) is 4.99. The monoisotopic (exact) mass is 419 g/mol. The first-order valence-corrected chi connectivity index (χ1v) is 10.2. The molecule has 4 rings (SSSR count). The largest absolute Gasteiger partial charge is 0.497 e. The van der Waals surface area contributed by atoms with Crippen LogP contribution in [0.25, 0.3) is 27.9 Å². The van der Waals surface area contributed by atoms with Gasteiger partial charge in [0.15, 0.2) is 5.65 Å². The third kappa shape index (κ3) is 4.02. The SMILES string of the molecule is CCOCCCNC(=O)c1c(N)n(-c2cccc(OC)c2)c2nc3ccccc3nc12. The van der Waals surface area contributed by atoms with Crippen LogP contribution in [0.5, 0.6) is 5.75 Å². The van der Waals surface area contributed by atoms with Crippen LogP contribution in [0.1, 0.15) is 23.7 Å². The molecule has 0 atom stereocenters. The fourth-order valence-corrected chi connectivity index (χ4v) is 3.51. The second-order valence-electron chi connectivity index (χ2n) is 6.99. The fourth-order valence-electron chi connectivity index (χ4n) is 3.51. The van der Waals surface area contributed by atoms with Gasteiger partial charge in [0.25, 0.3) is 5.91 Å². The van der Waals surface area contributed by atoms with Crippen LogP contribution >= 0.6 is 0 Å². The van der Waals surface area contributed by atoms with E-state index in [1.54, 1.807) is 11.7 Å². The van der Waals surface area contributed by atoms with Gasteiger partial charge in [-0.15, -0.1) is 0 Å². The van der Waals surface area contributed by atoms with Crippen molar-refractivity contribution in [1.82, 2.24) is 19.9 Å². The maximum Gasteiger partial charge on any atom is 0.257 e. The van der Waals surface area contributed by atoms with Gasteiger partial charge in [0.05, 0.1) is 23.8 Å². The molecule has 1 amide bonds. The van der Waals surface area contributed by atoms with Crippen LogP contribution in [0.15, 0.2) is 48.5 Å². The van der Waals surface area contributed by atoms with Crippen molar-refractivity contribution in [2.75, 3.05) is 32.6 Å². The smallest absolute Gasteiger partial charge is 0.257 e. The van der Waals surface area contributed by atoms with Gasteiger partial charge in [0, 0.05) is 25.8 Å². The summed E-state index contributed by atoms with van der Waals surface area (Å²) in [6.07, 6.45) is 0.711. The number of hydrogen-bond acceptors (Lipinski definition) is 6. The lowest BCUT2D eigenvalue weighted by molar-refractivity contribution is 0.0946. The minimum Gasteiger partial charge on any atom is -0.497 e. The number of carbonyl (C=O) groups excluding carboxylic acids is 1. The predicted molar refractivity (Wildman–Crippen MR) is 121 cm³/mol. The molecule has 0 aliphatic carbocycles. The normalized spacial score (nSPS) is 11.2. The third-order valence-electron chi connectivity index (χ3n) is 4.99. The number of nitrogens with one attached hydrogen (secondary N) is 1. The minimum atomic E-state index is -0.287. The molecule has 0 aliphatic heterocycles. The van der Waals surface area contributed by atoms with E-state index in [2.05, 4.69) is 5.32 Å². The molecule has 31 heavy (non-hydrogen) atoms. The highest BCUT2D eigenvalue weighted by molar-refractivity contribution is 6.11. The molecule has 2 aromatic carbocycles. The first-order chi connectivity index (χ1) is 15.1. The molecule has 0 saturated carbocycles. The summed E-state index contributed by atoms with van der Waals surface area (Å²) >= 11 is 0. The number of para-hydroxylation sites is 2. The number of benzene rings is 2. The van der Waals surface area contributed by atoms with Crippen LogP contribution in [-0.2, 0) is 4.74 Å². The average molecular weight is 419 g/mol. The van der Waals surface area contributed by atoms with E-state index in [9.17, 15) is 4.79 Å². The van der Waals surface area contributed by atoms with Gasteiger partial charge in [-0.1, -0.05) is 18.2 Å². The quantitative estimate of drug-likeness (QED) is 0.425. The standard InChI is InChI=1S/C23H25N5O3/c1-3-31-13-7-12-25-23(29)19-20-22(27-18-11-5-4-10-17(18)26-20)28(21(19)24)15-8-6-9-16(14-15)30-2/h4-6,8-11,14H,3,7,12-13,24H2,1-2H3,(H,25,29). The Balaban J connectivity index is 1.84. The van der Waals surface area contributed by atoms with E-state index in [1.165, 1.54) is 0 Å². The number of nitrogens with zero attached hydrogens (tertiary/aromatic N) is 3. The zero-order valence-electron chi connectivity index (χ0n) is 17.6. The number of carbonyl (C=O) groups is 1. The molecule has 8 heteroatoms. The molecule has 4 aromatic rings. The van der Waals surface area contributed by atoms with E-state index < -0.39 is 0 Å². The first-order valence-electron chi connectivity index (χ1n) is 10.2. The van der Waals surface area contributed by atoms with Crippen LogP contribution in [0.4, 0.5) is 5.82 Å². The number of ether oxygens (including phenoxy) is 2.